The molecule has 2 N–H and O–H groups in total. The van der Waals surface area contributed by atoms with Gasteiger partial charge in [-0.1, -0.05) is 70.7 Å². The summed E-state index contributed by atoms with van der Waals surface area (Å²) in [5, 5.41) is 8.22. The van der Waals surface area contributed by atoms with E-state index in [2.05, 4.69) is 15.7 Å². The highest BCUT2D eigenvalue weighted by Crippen LogP contribution is 2.22. The maximum Gasteiger partial charge on any atom is 0.150 e. The lowest BCUT2D eigenvalue weighted by Gasteiger charge is -2.04. The maximum absolute atomic E-state index is 11.0. The van der Waals surface area contributed by atoms with Crippen LogP contribution < -0.4 is 4.49 Å². The zero-order chi connectivity index (χ0) is 18.8. The fourth-order valence-electron chi connectivity index (χ4n) is 1.50. The minimum absolute atomic E-state index is 0.207. The van der Waals surface area contributed by atoms with Crippen molar-refractivity contribution >= 4 is 32.8 Å². The van der Waals surface area contributed by atoms with Crippen LogP contribution in [0.5, 0.6) is 0 Å². The third kappa shape index (κ3) is 10.5. The van der Waals surface area contributed by atoms with Gasteiger partial charge in [0.05, 0.1) is 0 Å². The van der Waals surface area contributed by atoms with Crippen LogP contribution in [0.2, 0.25) is 0 Å². The molecule has 0 aliphatic rings. The minimum atomic E-state index is -0.207. The molecule has 0 aromatic heterocycles. The molecule has 1 unspecified atom stereocenters. The van der Waals surface area contributed by atoms with Gasteiger partial charge in [-0.2, -0.15) is 0 Å². The van der Waals surface area contributed by atoms with Crippen molar-refractivity contribution in [1.29, 1.82) is 0 Å². The lowest BCUT2D eigenvalue weighted by Crippen LogP contribution is -1.89. The van der Waals surface area contributed by atoms with Crippen LogP contribution in [0.4, 0.5) is 0 Å². The Kier molecular flexibility index (Phi) is 18.9. The Balaban J connectivity index is 0. The van der Waals surface area contributed by atoms with Crippen LogP contribution >= 0.6 is 20.9 Å². The molecule has 1 aromatic rings. The Hall–Kier alpha value is -1.23. The van der Waals surface area contributed by atoms with Gasteiger partial charge >= 0.3 is 0 Å². The molecule has 0 radical (unpaired) electrons. The van der Waals surface area contributed by atoms with Crippen LogP contribution in [-0.2, 0) is 4.67 Å². The number of nitrogens with one attached hydrogen (secondary N) is 1. The maximum atomic E-state index is 11.0. The normalized spacial score (nSPS) is 11.2. The Labute approximate surface area is 152 Å². The van der Waals surface area contributed by atoms with Gasteiger partial charge in [-0.15, -0.1) is 0 Å². The van der Waals surface area contributed by atoms with Crippen LogP contribution in [0.1, 0.15) is 50.5 Å². The molecule has 6 heteroatoms. The van der Waals surface area contributed by atoms with Gasteiger partial charge < -0.3 is 0 Å². The van der Waals surface area contributed by atoms with Crippen molar-refractivity contribution in [3.8, 4) is 0 Å². The molecule has 1 atom stereocenters. The molecule has 0 bridgehead atoms. The third-order valence-electron chi connectivity index (χ3n) is 2.47. The molecule has 0 aliphatic heterocycles. The molecule has 0 aliphatic carbocycles. The summed E-state index contributed by atoms with van der Waals surface area (Å²) in [5.74, 6) is 0. The average molecular weight is 369 g/mol. The van der Waals surface area contributed by atoms with Gasteiger partial charge in [-0.05, 0) is 36.1 Å². The van der Waals surface area contributed by atoms with E-state index < -0.39 is 0 Å². The molecular formula is C18H28NO3PS. The Morgan fingerprint density at radius 1 is 1.25 bits per heavy atom. The zero-order valence-electron chi connectivity index (χ0n) is 15.0. The van der Waals surface area contributed by atoms with Crippen LogP contribution in [-0.4, -0.2) is 11.5 Å². The summed E-state index contributed by atoms with van der Waals surface area (Å²) in [7, 11) is -0.207. The van der Waals surface area contributed by atoms with Crippen LogP contribution in [0.15, 0.2) is 54.0 Å². The van der Waals surface area contributed by atoms with E-state index in [9.17, 15) is 4.79 Å². The number of aldehydes is 1. The quantitative estimate of drug-likeness (QED) is 0.108. The molecule has 134 valence electrons. The van der Waals surface area contributed by atoms with Crippen LogP contribution in [0.25, 0.3) is 5.57 Å². The number of carbonyl (C=O) groups is 1. The number of hydrogen-bond acceptors (Lipinski definition) is 5. The molecule has 0 spiro atoms. The molecular weight excluding hydrogens is 341 g/mol. The van der Waals surface area contributed by atoms with Gasteiger partial charge in [0, 0.05) is 10.5 Å². The van der Waals surface area contributed by atoms with Gasteiger partial charge in [0.25, 0.3) is 0 Å². The number of carbonyl (C=O) groups excluding carboxylic acids is 1. The second kappa shape index (κ2) is 18.1. The van der Waals surface area contributed by atoms with E-state index in [1.807, 2.05) is 65.0 Å². The zero-order valence-corrected chi connectivity index (χ0v) is 16.8. The van der Waals surface area contributed by atoms with Gasteiger partial charge in [-0.25, -0.2) is 14.4 Å². The highest BCUT2D eigenvalue weighted by molar-refractivity contribution is 8.04. The molecule has 0 heterocycles. The van der Waals surface area contributed by atoms with E-state index in [1.54, 1.807) is 12.1 Å². The lowest BCUT2D eigenvalue weighted by molar-refractivity contribution is -0.123. The SMILES string of the molecule is C=C/C(=C\C=C(/C)c1ccccc1C=O)SNPOO.CC.CC. The number of hydrogen-bond donors (Lipinski definition) is 2. The Bertz CT molecular complexity index is 531. The second-order valence-electron chi connectivity index (χ2n) is 3.73. The van der Waals surface area contributed by atoms with E-state index in [4.69, 9.17) is 5.26 Å². The highest BCUT2D eigenvalue weighted by Gasteiger charge is 2.01. The summed E-state index contributed by atoms with van der Waals surface area (Å²) in [6.45, 7) is 13.7. The van der Waals surface area contributed by atoms with Crippen molar-refractivity contribution in [2.75, 3.05) is 0 Å². The fraction of sp³-hybridized carbons (Fsp3) is 0.278. The van der Waals surface area contributed by atoms with E-state index >= 15 is 0 Å². The lowest BCUT2D eigenvalue weighted by atomic mass is 10.0. The first-order chi connectivity index (χ1) is 11.7. The first-order valence-corrected chi connectivity index (χ1v) is 9.48. The minimum Gasteiger partial charge on any atom is -0.298 e. The summed E-state index contributed by atoms with van der Waals surface area (Å²) in [6.07, 6.45) is 6.33. The monoisotopic (exact) mass is 369 g/mol. The summed E-state index contributed by atoms with van der Waals surface area (Å²) in [6, 6.07) is 7.42. The third-order valence-corrected chi connectivity index (χ3v) is 3.84. The van der Waals surface area contributed by atoms with Crippen molar-refractivity contribution in [2.24, 2.45) is 0 Å². The summed E-state index contributed by atoms with van der Waals surface area (Å²) in [4.78, 5) is 11.9. The summed E-state index contributed by atoms with van der Waals surface area (Å²) in [5.41, 5.74) is 2.55. The van der Waals surface area contributed by atoms with E-state index in [0.29, 0.717) is 5.56 Å². The van der Waals surface area contributed by atoms with Crippen LogP contribution in [0.3, 0.4) is 0 Å². The number of benzene rings is 1. The van der Waals surface area contributed by atoms with Crippen molar-refractivity contribution in [3.63, 3.8) is 0 Å². The largest absolute Gasteiger partial charge is 0.298 e. The summed E-state index contributed by atoms with van der Waals surface area (Å²) < 4.78 is 6.76. The molecule has 0 amide bonds. The first kappa shape index (κ1) is 25.0. The van der Waals surface area contributed by atoms with E-state index in [0.717, 1.165) is 22.3 Å². The Morgan fingerprint density at radius 3 is 2.42 bits per heavy atom. The predicted octanol–water partition coefficient (Wildman–Crippen LogP) is 6.26. The fourth-order valence-corrected chi connectivity index (χ4v) is 2.50. The van der Waals surface area contributed by atoms with E-state index in [-0.39, 0.29) is 8.96 Å². The molecule has 1 rings (SSSR count). The molecule has 1 aromatic carbocycles. The van der Waals surface area contributed by atoms with Gasteiger partial charge in [0.2, 0.25) is 0 Å². The molecule has 4 nitrogen and oxygen atoms in total. The topological polar surface area (TPSA) is 58.6 Å². The molecule has 24 heavy (non-hydrogen) atoms. The number of rotatable bonds is 8. The van der Waals surface area contributed by atoms with Crippen molar-refractivity contribution in [2.45, 2.75) is 34.6 Å². The standard InChI is InChI=1S/C14H16NO3PS.2C2H6/c1-3-13(20-15-19-18-17)9-8-11(2)14-7-5-4-6-12(14)10-16;2*1-2/h3-10,15,17,19H,1H2,2H3;2*1-2H3/b11-8+,13-9+;;. The van der Waals surface area contributed by atoms with Gasteiger partial charge in [0.15, 0.2) is 6.29 Å². The molecule has 0 saturated carbocycles. The second-order valence-corrected chi connectivity index (χ2v) is 5.60. The van der Waals surface area contributed by atoms with E-state index in [1.165, 1.54) is 11.9 Å². The van der Waals surface area contributed by atoms with Crippen molar-refractivity contribution < 1.29 is 14.7 Å². The van der Waals surface area contributed by atoms with Crippen LogP contribution in [0, 0.1) is 0 Å². The smallest absolute Gasteiger partial charge is 0.150 e. The molecule has 0 saturated heterocycles. The Morgan fingerprint density at radius 2 is 1.88 bits per heavy atom. The van der Waals surface area contributed by atoms with Crippen molar-refractivity contribution in [3.05, 3.63) is 65.1 Å². The van der Waals surface area contributed by atoms with Gasteiger partial charge in [-0.3, -0.25) is 4.79 Å². The summed E-state index contributed by atoms with van der Waals surface area (Å²) >= 11 is 1.30. The number of allylic oxidation sites excluding steroid dienone is 4. The first-order valence-electron chi connectivity index (χ1n) is 7.75. The average Bonchev–Trinajstić information content (AvgIpc) is 2.67. The molecule has 0 fully saturated rings. The highest BCUT2D eigenvalue weighted by atomic mass is 32.2. The predicted molar refractivity (Wildman–Crippen MR) is 109 cm³/mol. The van der Waals surface area contributed by atoms with Crippen molar-refractivity contribution in [1.82, 2.24) is 4.49 Å². The van der Waals surface area contributed by atoms with Gasteiger partial charge in [0.1, 0.15) is 8.96 Å².